The largest absolute Gasteiger partial charge is 0.375 e. The third-order valence-corrected chi connectivity index (χ3v) is 6.36. The van der Waals surface area contributed by atoms with Gasteiger partial charge in [0.2, 0.25) is 5.91 Å². The quantitative estimate of drug-likeness (QED) is 0.920. The number of anilines is 1. The minimum Gasteiger partial charge on any atom is -0.375 e. The molecule has 0 spiro atoms. The molecule has 0 radical (unpaired) electrons. The highest BCUT2D eigenvalue weighted by Crippen LogP contribution is 2.32. The van der Waals surface area contributed by atoms with E-state index >= 15 is 0 Å². The van der Waals surface area contributed by atoms with Crippen molar-refractivity contribution in [3.05, 3.63) is 11.1 Å². The monoisotopic (exact) mass is 336 g/mol. The molecule has 3 heterocycles. The Morgan fingerprint density at radius 2 is 2.00 bits per heavy atom. The number of hydrogen-bond donors (Lipinski definition) is 1. The number of aromatic nitrogens is 1. The molecule has 0 saturated carbocycles. The molecule has 1 amide bonds. The molecule has 0 bridgehead atoms. The number of piperidine rings is 2. The summed E-state index contributed by atoms with van der Waals surface area (Å²) >= 11 is 1.40. The summed E-state index contributed by atoms with van der Waals surface area (Å²) in [6, 6.07) is 0. The van der Waals surface area contributed by atoms with Crippen LogP contribution in [-0.4, -0.2) is 52.4 Å². The highest BCUT2D eigenvalue weighted by molar-refractivity contribution is 7.13. The zero-order chi connectivity index (χ0) is 16.4. The standard InChI is InChI=1S/C17H28N4OS/c1-13-3-7-21(8-4-13)17(2)5-9-20(10-6-17)15(22)11-14-12-23-16(18)19-14/h12-13H,3-11H2,1-2H3,(H2,18,19). The van der Waals surface area contributed by atoms with Crippen LogP contribution in [0.25, 0.3) is 0 Å². The first-order valence-corrected chi connectivity index (χ1v) is 9.57. The number of carbonyl (C=O) groups is 1. The predicted octanol–water partition coefficient (Wildman–Crippen LogP) is 2.38. The van der Waals surface area contributed by atoms with Crippen LogP contribution in [0.4, 0.5) is 5.13 Å². The number of hydrogen-bond acceptors (Lipinski definition) is 5. The number of carbonyl (C=O) groups excluding carboxylic acids is 1. The Labute approximate surface area is 142 Å². The third-order valence-electron chi connectivity index (χ3n) is 5.64. The maximum Gasteiger partial charge on any atom is 0.228 e. The molecule has 2 saturated heterocycles. The van der Waals surface area contributed by atoms with Crippen LogP contribution >= 0.6 is 11.3 Å². The molecule has 6 heteroatoms. The van der Waals surface area contributed by atoms with E-state index in [2.05, 4.69) is 23.7 Å². The molecular weight excluding hydrogens is 308 g/mol. The molecule has 0 aromatic carbocycles. The van der Waals surface area contributed by atoms with Crippen LogP contribution in [0.1, 0.15) is 45.2 Å². The Kier molecular flexibility index (Phi) is 4.92. The van der Waals surface area contributed by atoms with E-state index in [1.807, 2.05) is 10.3 Å². The topological polar surface area (TPSA) is 62.5 Å². The number of thiazole rings is 1. The van der Waals surface area contributed by atoms with E-state index in [1.165, 1.54) is 37.3 Å². The van der Waals surface area contributed by atoms with Crippen LogP contribution in [0, 0.1) is 5.92 Å². The van der Waals surface area contributed by atoms with Crippen molar-refractivity contribution in [2.45, 2.75) is 51.5 Å². The van der Waals surface area contributed by atoms with E-state index in [1.54, 1.807) is 0 Å². The Balaban J connectivity index is 1.52. The van der Waals surface area contributed by atoms with Gasteiger partial charge in [0, 0.05) is 24.0 Å². The van der Waals surface area contributed by atoms with Crippen molar-refractivity contribution >= 4 is 22.4 Å². The van der Waals surface area contributed by atoms with Crippen molar-refractivity contribution in [2.75, 3.05) is 31.9 Å². The predicted molar refractivity (Wildman–Crippen MR) is 94.4 cm³/mol. The van der Waals surface area contributed by atoms with Gasteiger partial charge in [0.1, 0.15) is 0 Å². The van der Waals surface area contributed by atoms with Gasteiger partial charge in [0.15, 0.2) is 5.13 Å². The molecule has 0 aliphatic carbocycles. The van der Waals surface area contributed by atoms with E-state index in [0.717, 1.165) is 37.5 Å². The van der Waals surface area contributed by atoms with Gasteiger partial charge in [-0.2, -0.15) is 0 Å². The molecule has 5 nitrogen and oxygen atoms in total. The molecule has 2 fully saturated rings. The van der Waals surface area contributed by atoms with Crippen molar-refractivity contribution in [2.24, 2.45) is 5.92 Å². The lowest BCUT2D eigenvalue weighted by molar-refractivity contribution is -0.133. The maximum atomic E-state index is 12.4. The molecule has 0 unspecified atom stereocenters. The summed E-state index contributed by atoms with van der Waals surface area (Å²) in [4.78, 5) is 21.3. The summed E-state index contributed by atoms with van der Waals surface area (Å²) in [5.74, 6) is 1.05. The molecule has 0 atom stereocenters. The van der Waals surface area contributed by atoms with Gasteiger partial charge in [0.05, 0.1) is 12.1 Å². The van der Waals surface area contributed by atoms with Gasteiger partial charge in [-0.1, -0.05) is 6.92 Å². The summed E-state index contributed by atoms with van der Waals surface area (Å²) < 4.78 is 0. The number of likely N-dealkylation sites (tertiary alicyclic amines) is 2. The zero-order valence-electron chi connectivity index (χ0n) is 14.3. The van der Waals surface area contributed by atoms with Crippen LogP contribution in [-0.2, 0) is 11.2 Å². The molecule has 1 aromatic heterocycles. The van der Waals surface area contributed by atoms with E-state index in [-0.39, 0.29) is 11.4 Å². The number of nitrogens with two attached hydrogens (primary N) is 1. The smallest absolute Gasteiger partial charge is 0.228 e. The summed E-state index contributed by atoms with van der Waals surface area (Å²) in [6.07, 6.45) is 5.15. The van der Waals surface area contributed by atoms with Gasteiger partial charge in [-0.25, -0.2) is 4.98 Å². The van der Waals surface area contributed by atoms with Gasteiger partial charge in [0.25, 0.3) is 0 Å². The molecule has 2 aliphatic rings. The average molecular weight is 337 g/mol. The van der Waals surface area contributed by atoms with Crippen LogP contribution < -0.4 is 5.73 Å². The minimum atomic E-state index is 0.185. The van der Waals surface area contributed by atoms with Gasteiger partial charge in [-0.05, 0) is 51.6 Å². The third kappa shape index (κ3) is 3.86. The molecule has 2 aliphatic heterocycles. The van der Waals surface area contributed by atoms with Crippen LogP contribution in [0.5, 0.6) is 0 Å². The van der Waals surface area contributed by atoms with Crippen LogP contribution in [0.15, 0.2) is 5.38 Å². The van der Waals surface area contributed by atoms with E-state index in [9.17, 15) is 4.79 Å². The second-order valence-corrected chi connectivity index (χ2v) is 8.29. The Bertz CT molecular complexity index is 543. The molecule has 3 rings (SSSR count). The first-order valence-electron chi connectivity index (χ1n) is 8.69. The average Bonchev–Trinajstić information content (AvgIpc) is 2.93. The fraction of sp³-hybridized carbons (Fsp3) is 0.765. The van der Waals surface area contributed by atoms with Crippen LogP contribution in [0.2, 0.25) is 0 Å². The number of nitrogens with zero attached hydrogens (tertiary/aromatic N) is 3. The van der Waals surface area contributed by atoms with Crippen molar-refractivity contribution < 1.29 is 4.79 Å². The Hall–Kier alpha value is -1.14. The van der Waals surface area contributed by atoms with Crippen molar-refractivity contribution in [1.29, 1.82) is 0 Å². The Morgan fingerprint density at radius 1 is 1.35 bits per heavy atom. The molecule has 23 heavy (non-hydrogen) atoms. The first kappa shape index (κ1) is 16.7. The summed E-state index contributed by atoms with van der Waals surface area (Å²) in [7, 11) is 0. The molecule has 128 valence electrons. The first-order chi connectivity index (χ1) is 11.0. The zero-order valence-corrected chi connectivity index (χ0v) is 15.1. The lowest BCUT2D eigenvalue weighted by Crippen LogP contribution is -2.56. The van der Waals surface area contributed by atoms with Gasteiger partial charge >= 0.3 is 0 Å². The SMILES string of the molecule is CC1CCN(C2(C)CCN(C(=O)Cc3csc(N)n3)CC2)CC1. The highest BCUT2D eigenvalue weighted by atomic mass is 32.1. The molecule has 2 N–H and O–H groups in total. The summed E-state index contributed by atoms with van der Waals surface area (Å²) in [6.45, 7) is 8.88. The number of amides is 1. The fourth-order valence-corrected chi connectivity index (χ4v) is 4.34. The van der Waals surface area contributed by atoms with Crippen LogP contribution in [0.3, 0.4) is 0 Å². The number of nitrogen functional groups attached to an aromatic ring is 1. The molecular formula is C17H28N4OS. The fourth-order valence-electron chi connectivity index (χ4n) is 3.77. The van der Waals surface area contributed by atoms with Crippen molar-refractivity contribution in [3.63, 3.8) is 0 Å². The van der Waals surface area contributed by atoms with Crippen molar-refractivity contribution in [1.82, 2.24) is 14.8 Å². The summed E-state index contributed by atoms with van der Waals surface area (Å²) in [5, 5.41) is 2.43. The lowest BCUT2D eigenvalue weighted by Gasteiger charge is -2.49. The van der Waals surface area contributed by atoms with Crippen molar-refractivity contribution in [3.8, 4) is 0 Å². The maximum absolute atomic E-state index is 12.4. The van der Waals surface area contributed by atoms with E-state index in [4.69, 9.17) is 5.73 Å². The lowest BCUT2D eigenvalue weighted by atomic mass is 9.84. The van der Waals surface area contributed by atoms with E-state index in [0.29, 0.717) is 11.6 Å². The molecule has 1 aromatic rings. The van der Waals surface area contributed by atoms with Gasteiger partial charge in [-0.3, -0.25) is 9.69 Å². The second-order valence-electron chi connectivity index (χ2n) is 7.40. The highest BCUT2D eigenvalue weighted by Gasteiger charge is 2.37. The summed E-state index contributed by atoms with van der Waals surface area (Å²) in [5.41, 5.74) is 6.71. The number of rotatable bonds is 3. The Morgan fingerprint density at radius 3 is 2.57 bits per heavy atom. The normalized spacial score (nSPS) is 23.1. The van der Waals surface area contributed by atoms with Gasteiger partial charge in [-0.15, -0.1) is 11.3 Å². The van der Waals surface area contributed by atoms with E-state index < -0.39 is 0 Å². The minimum absolute atomic E-state index is 0.185. The second kappa shape index (κ2) is 6.77. The van der Waals surface area contributed by atoms with Gasteiger partial charge < -0.3 is 10.6 Å².